The smallest absolute Gasteiger partial charge is 0.202 e. The highest BCUT2D eigenvalue weighted by atomic mass is 16.1. The third-order valence-corrected chi connectivity index (χ3v) is 1.67. The molecule has 1 aromatic carbocycles. The van der Waals surface area contributed by atoms with Crippen LogP contribution in [-0.4, -0.2) is 11.6 Å². The zero-order chi connectivity index (χ0) is 12.0. The standard InChI is InChI=1S/C14H10O2/c1-11(15)7-9-13-5-3-4-6-14(13)10-8-12(2)16/h3-6H,1-2H3. The summed E-state index contributed by atoms with van der Waals surface area (Å²) in [6.45, 7) is 2.80. The SMILES string of the molecule is CC(=O)C#Cc1ccccc1C#CC(C)=O. The highest BCUT2D eigenvalue weighted by molar-refractivity contribution is 5.95. The Hall–Kier alpha value is -2.32. The molecule has 0 bridgehead atoms. The first-order valence-electron chi connectivity index (χ1n) is 4.74. The van der Waals surface area contributed by atoms with E-state index in [2.05, 4.69) is 23.7 Å². The molecule has 0 fully saturated rings. The average molecular weight is 210 g/mol. The van der Waals surface area contributed by atoms with Crippen molar-refractivity contribution >= 4 is 11.6 Å². The van der Waals surface area contributed by atoms with Crippen LogP contribution < -0.4 is 0 Å². The Morgan fingerprint density at radius 3 is 1.56 bits per heavy atom. The molecular weight excluding hydrogens is 200 g/mol. The van der Waals surface area contributed by atoms with Crippen LogP contribution in [0.5, 0.6) is 0 Å². The quantitative estimate of drug-likeness (QED) is 0.609. The fraction of sp³-hybridized carbons (Fsp3) is 0.143. The topological polar surface area (TPSA) is 34.1 Å². The second-order valence-electron chi connectivity index (χ2n) is 3.16. The Kier molecular flexibility index (Phi) is 4.07. The molecule has 0 saturated carbocycles. The van der Waals surface area contributed by atoms with Gasteiger partial charge in [0, 0.05) is 25.0 Å². The third-order valence-electron chi connectivity index (χ3n) is 1.67. The van der Waals surface area contributed by atoms with Crippen molar-refractivity contribution in [2.75, 3.05) is 0 Å². The maximum Gasteiger partial charge on any atom is 0.202 e. The first kappa shape index (κ1) is 11.8. The lowest BCUT2D eigenvalue weighted by atomic mass is 10.1. The lowest BCUT2D eigenvalue weighted by molar-refractivity contribution is -0.112. The van der Waals surface area contributed by atoms with Crippen molar-refractivity contribution in [3.63, 3.8) is 0 Å². The number of benzene rings is 1. The van der Waals surface area contributed by atoms with E-state index in [1.807, 2.05) is 12.1 Å². The van der Waals surface area contributed by atoms with Gasteiger partial charge in [0.15, 0.2) is 0 Å². The zero-order valence-corrected chi connectivity index (χ0v) is 9.13. The molecule has 2 nitrogen and oxygen atoms in total. The van der Waals surface area contributed by atoms with Crippen LogP contribution in [0.2, 0.25) is 0 Å². The maximum atomic E-state index is 10.7. The average Bonchev–Trinajstić information content (AvgIpc) is 2.24. The van der Waals surface area contributed by atoms with Gasteiger partial charge in [0.2, 0.25) is 11.6 Å². The number of ketones is 2. The molecule has 0 atom stereocenters. The van der Waals surface area contributed by atoms with Crippen molar-refractivity contribution in [2.24, 2.45) is 0 Å². The normalized spacial score (nSPS) is 8.12. The Labute approximate surface area is 94.7 Å². The molecule has 0 saturated heterocycles. The fourth-order valence-electron chi connectivity index (χ4n) is 1.01. The van der Waals surface area contributed by atoms with Crippen molar-refractivity contribution < 1.29 is 9.59 Å². The minimum Gasteiger partial charge on any atom is -0.285 e. The van der Waals surface area contributed by atoms with Crippen LogP contribution in [0, 0.1) is 23.7 Å². The summed E-state index contributed by atoms with van der Waals surface area (Å²) in [5.41, 5.74) is 1.32. The Morgan fingerprint density at radius 1 is 0.875 bits per heavy atom. The summed E-state index contributed by atoms with van der Waals surface area (Å²) >= 11 is 0. The summed E-state index contributed by atoms with van der Waals surface area (Å²) < 4.78 is 0. The van der Waals surface area contributed by atoms with Crippen LogP contribution in [0.15, 0.2) is 24.3 Å². The molecule has 1 rings (SSSR count). The van der Waals surface area contributed by atoms with Gasteiger partial charge in [-0.1, -0.05) is 24.0 Å². The Balaban J connectivity index is 3.13. The van der Waals surface area contributed by atoms with Crippen LogP contribution in [0.1, 0.15) is 25.0 Å². The lowest BCUT2D eigenvalue weighted by Gasteiger charge is -1.93. The van der Waals surface area contributed by atoms with Gasteiger partial charge in [-0.15, -0.1) is 0 Å². The molecule has 0 heterocycles. The van der Waals surface area contributed by atoms with E-state index in [1.54, 1.807) is 12.1 Å². The molecule has 0 aliphatic rings. The first-order valence-corrected chi connectivity index (χ1v) is 4.74. The van der Waals surface area contributed by atoms with Gasteiger partial charge in [-0.25, -0.2) is 0 Å². The van der Waals surface area contributed by atoms with Crippen molar-refractivity contribution in [1.82, 2.24) is 0 Å². The summed E-state index contributed by atoms with van der Waals surface area (Å²) in [6.07, 6.45) is 0. The van der Waals surface area contributed by atoms with Gasteiger partial charge in [0.05, 0.1) is 0 Å². The highest BCUT2D eigenvalue weighted by Gasteiger charge is 1.95. The molecule has 1 aromatic rings. The molecule has 0 aliphatic heterocycles. The molecule has 78 valence electrons. The molecule has 0 aliphatic carbocycles. The lowest BCUT2D eigenvalue weighted by Crippen LogP contribution is -1.87. The van der Waals surface area contributed by atoms with Crippen LogP contribution in [0.4, 0.5) is 0 Å². The molecule has 0 spiro atoms. The number of hydrogen-bond acceptors (Lipinski definition) is 2. The van der Waals surface area contributed by atoms with Crippen molar-refractivity contribution in [2.45, 2.75) is 13.8 Å². The minimum absolute atomic E-state index is 0.200. The van der Waals surface area contributed by atoms with Gasteiger partial charge in [0.1, 0.15) is 0 Å². The maximum absolute atomic E-state index is 10.7. The number of rotatable bonds is 0. The Bertz CT molecular complexity index is 494. The predicted octanol–water partition coefficient (Wildman–Crippen LogP) is 1.57. The summed E-state index contributed by atoms with van der Waals surface area (Å²) in [7, 11) is 0. The summed E-state index contributed by atoms with van der Waals surface area (Å²) in [4.78, 5) is 21.5. The van der Waals surface area contributed by atoms with Crippen molar-refractivity contribution in [3.05, 3.63) is 35.4 Å². The van der Waals surface area contributed by atoms with E-state index in [0.29, 0.717) is 11.1 Å². The summed E-state index contributed by atoms with van der Waals surface area (Å²) in [5.74, 6) is 9.94. The van der Waals surface area contributed by atoms with Gasteiger partial charge < -0.3 is 0 Å². The molecule has 0 aromatic heterocycles. The number of carbonyl (C=O) groups is 2. The van der Waals surface area contributed by atoms with E-state index in [4.69, 9.17) is 0 Å². The van der Waals surface area contributed by atoms with E-state index in [1.165, 1.54) is 13.8 Å². The number of carbonyl (C=O) groups excluding carboxylic acids is 2. The monoisotopic (exact) mass is 210 g/mol. The summed E-state index contributed by atoms with van der Waals surface area (Å²) in [6, 6.07) is 7.15. The van der Waals surface area contributed by atoms with Gasteiger partial charge in [-0.3, -0.25) is 9.59 Å². The first-order chi connectivity index (χ1) is 7.59. The van der Waals surface area contributed by atoms with E-state index < -0.39 is 0 Å². The second kappa shape index (κ2) is 5.53. The largest absolute Gasteiger partial charge is 0.285 e. The fourth-order valence-corrected chi connectivity index (χ4v) is 1.01. The van der Waals surface area contributed by atoms with Crippen LogP contribution in [-0.2, 0) is 9.59 Å². The molecule has 0 N–H and O–H groups in total. The van der Waals surface area contributed by atoms with Crippen LogP contribution >= 0.6 is 0 Å². The molecule has 0 amide bonds. The predicted molar refractivity (Wildman–Crippen MR) is 61.6 cm³/mol. The number of Topliss-reactive ketones (excluding diaryl/α,β-unsaturated/α-hetero) is 2. The Morgan fingerprint density at radius 2 is 1.25 bits per heavy atom. The molecule has 2 heteroatoms. The van der Waals surface area contributed by atoms with Gasteiger partial charge >= 0.3 is 0 Å². The van der Waals surface area contributed by atoms with Crippen LogP contribution in [0.25, 0.3) is 0 Å². The highest BCUT2D eigenvalue weighted by Crippen LogP contribution is 2.05. The van der Waals surface area contributed by atoms with Gasteiger partial charge in [0.25, 0.3) is 0 Å². The van der Waals surface area contributed by atoms with Gasteiger partial charge in [-0.2, -0.15) is 0 Å². The molecular formula is C14H10O2. The third kappa shape index (κ3) is 3.82. The second-order valence-corrected chi connectivity index (χ2v) is 3.16. The minimum atomic E-state index is -0.200. The molecule has 0 unspecified atom stereocenters. The van der Waals surface area contributed by atoms with E-state index in [9.17, 15) is 9.59 Å². The van der Waals surface area contributed by atoms with Crippen molar-refractivity contribution in [1.29, 1.82) is 0 Å². The summed E-state index contributed by atoms with van der Waals surface area (Å²) in [5, 5.41) is 0. The molecule has 0 radical (unpaired) electrons. The molecule has 16 heavy (non-hydrogen) atoms. The van der Waals surface area contributed by atoms with E-state index in [-0.39, 0.29) is 11.6 Å². The number of hydrogen-bond donors (Lipinski definition) is 0. The van der Waals surface area contributed by atoms with Crippen LogP contribution in [0.3, 0.4) is 0 Å². The van der Waals surface area contributed by atoms with Gasteiger partial charge in [-0.05, 0) is 24.0 Å². The van der Waals surface area contributed by atoms with E-state index in [0.717, 1.165) is 0 Å². The zero-order valence-electron chi connectivity index (χ0n) is 9.13. The van der Waals surface area contributed by atoms with Crippen molar-refractivity contribution in [3.8, 4) is 23.7 Å². The van der Waals surface area contributed by atoms with E-state index >= 15 is 0 Å².